The van der Waals surface area contributed by atoms with Crippen LogP contribution in [0.5, 0.6) is 0 Å². The molecule has 3 rings (SSSR count). The third-order valence-corrected chi connectivity index (χ3v) is 4.42. The van der Waals surface area contributed by atoms with Crippen molar-refractivity contribution < 1.29 is 9.66 Å². The van der Waals surface area contributed by atoms with Crippen LogP contribution in [0.15, 0.2) is 40.7 Å². The zero-order valence-corrected chi connectivity index (χ0v) is 13.2. The fourth-order valence-electron chi connectivity index (χ4n) is 2.41. The average molecular weight is 316 g/mol. The molecule has 0 atom stereocenters. The Morgan fingerprint density at radius 2 is 2.09 bits per heavy atom. The van der Waals surface area contributed by atoms with E-state index >= 15 is 0 Å². The van der Waals surface area contributed by atoms with E-state index in [1.807, 2.05) is 31.4 Å². The van der Waals surface area contributed by atoms with Crippen LogP contribution in [0.3, 0.4) is 0 Å². The van der Waals surface area contributed by atoms with E-state index in [1.54, 1.807) is 23.5 Å². The van der Waals surface area contributed by atoms with E-state index in [1.165, 1.54) is 6.07 Å². The van der Waals surface area contributed by atoms with Crippen molar-refractivity contribution in [1.29, 1.82) is 0 Å². The van der Waals surface area contributed by atoms with Crippen molar-refractivity contribution in [3.63, 3.8) is 0 Å². The number of nitro groups is 1. The summed E-state index contributed by atoms with van der Waals surface area (Å²) in [6.07, 6.45) is 0.499. The molecule has 0 aliphatic carbocycles. The van der Waals surface area contributed by atoms with Crippen molar-refractivity contribution in [3.8, 4) is 0 Å². The van der Waals surface area contributed by atoms with Crippen molar-refractivity contribution >= 4 is 22.9 Å². The number of para-hydroxylation sites is 1. The zero-order chi connectivity index (χ0) is 15.7. The van der Waals surface area contributed by atoms with Gasteiger partial charge in [-0.05, 0) is 30.9 Å². The number of benzene rings is 1. The van der Waals surface area contributed by atoms with Crippen molar-refractivity contribution in [1.82, 2.24) is 0 Å². The summed E-state index contributed by atoms with van der Waals surface area (Å²) in [6.45, 7) is 4.61. The molecular weight excluding hydrogens is 300 g/mol. The molecule has 0 fully saturated rings. The molecule has 0 N–H and O–H groups in total. The largest absolute Gasteiger partial charge is 0.474 e. The fraction of sp³-hybridized carbons (Fsp3) is 0.312. The third-order valence-electron chi connectivity index (χ3n) is 3.48. The molecule has 0 spiro atoms. The van der Waals surface area contributed by atoms with Gasteiger partial charge in [0.1, 0.15) is 6.61 Å². The number of hydrogen-bond acceptors (Lipinski definition) is 5. The number of nitro benzene ring substituents is 1. The zero-order valence-electron chi connectivity index (χ0n) is 12.4. The normalized spacial score (nSPS) is 16.2. The molecule has 0 radical (unpaired) electrons. The second-order valence-electron chi connectivity index (χ2n) is 5.86. The third kappa shape index (κ3) is 2.87. The van der Waals surface area contributed by atoms with Crippen LogP contribution < -0.4 is 0 Å². The molecule has 22 heavy (non-hydrogen) atoms. The Hall–Kier alpha value is -2.21. The summed E-state index contributed by atoms with van der Waals surface area (Å²) < 4.78 is 5.70. The highest BCUT2D eigenvalue weighted by atomic mass is 32.1. The van der Waals surface area contributed by atoms with Crippen molar-refractivity contribution in [2.24, 2.45) is 4.99 Å². The molecule has 0 amide bonds. The van der Waals surface area contributed by atoms with E-state index in [-0.39, 0.29) is 16.1 Å². The molecule has 0 saturated carbocycles. The first-order valence-corrected chi connectivity index (χ1v) is 7.86. The lowest BCUT2D eigenvalue weighted by molar-refractivity contribution is -0.385. The number of aliphatic imine (C=N–C) groups is 1. The Balaban J connectivity index is 1.93. The number of ether oxygens (including phenoxy) is 1. The molecular formula is C16H16N2O3S. The Labute approximate surface area is 132 Å². The minimum Gasteiger partial charge on any atom is -0.474 e. The molecule has 0 bridgehead atoms. The summed E-state index contributed by atoms with van der Waals surface area (Å²) in [5, 5.41) is 13.1. The first kappa shape index (κ1) is 14.7. The number of hydrogen-bond donors (Lipinski definition) is 0. The van der Waals surface area contributed by atoms with Crippen molar-refractivity contribution in [3.05, 3.63) is 61.8 Å². The predicted molar refractivity (Wildman–Crippen MR) is 86.8 cm³/mol. The molecule has 2 aromatic rings. The van der Waals surface area contributed by atoms with E-state index in [0.29, 0.717) is 24.5 Å². The minimum atomic E-state index is -0.339. The molecule has 2 heterocycles. The van der Waals surface area contributed by atoms with Crippen LogP contribution in [0, 0.1) is 10.1 Å². The summed E-state index contributed by atoms with van der Waals surface area (Å²) >= 11 is 1.56. The van der Waals surface area contributed by atoms with Gasteiger partial charge in [0, 0.05) is 18.1 Å². The van der Waals surface area contributed by atoms with Gasteiger partial charge in [0.15, 0.2) is 0 Å². The molecule has 6 heteroatoms. The van der Waals surface area contributed by atoms with Gasteiger partial charge in [0.2, 0.25) is 5.90 Å². The maximum atomic E-state index is 11.1. The van der Waals surface area contributed by atoms with Gasteiger partial charge in [-0.3, -0.25) is 10.1 Å². The summed E-state index contributed by atoms with van der Waals surface area (Å²) in [4.78, 5) is 16.4. The van der Waals surface area contributed by atoms with Gasteiger partial charge >= 0.3 is 0 Å². The van der Waals surface area contributed by atoms with Gasteiger partial charge in [-0.25, -0.2) is 4.99 Å². The number of thiophene rings is 1. The van der Waals surface area contributed by atoms with Crippen LogP contribution in [-0.2, 0) is 11.2 Å². The van der Waals surface area contributed by atoms with E-state index in [4.69, 9.17) is 4.74 Å². The van der Waals surface area contributed by atoms with Crippen LogP contribution in [0.25, 0.3) is 0 Å². The van der Waals surface area contributed by atoms with Gasteiger partial charge in [0.25, 0.3) is 5.69 Å². The van der Waals surface area contributed by atoms with Crippen molar-refractivity contribution in [2.45, 2.75) is 25.8 Å². The van der Waals surface area contributed by atoms with Gasteiger partial charge in [0.05, 0.1) is 15.3 Å². The second-order valence-corrected chi connectivity index (χ2v) is 6.77. The van der Waals surface area contributed by atoms with Gasteiger partial charge in [-0.1, -0.05) is 18.2 Å². The highest BCUT2D eigenvalue weighted by Crippen LogP contribution is 2.29. The Morgan fingerprint density at radius 1 is 1.32 bits per heavy atom. The minimum absolute atomic E-state index is 0.147. The Kier molecular flexibility index (Phi) is 3.70. The molecule has 1 aromatic carbocycles. The quantitative estimate of drug-likeness (QED) is 0.636. The lowest BCUT2D eigenvalue weighted by Gasteiger charge is -2.07. The Morgan fingerprint density at radius 3 is 2.77 bits per heavy atom. The molecule has 1 aliphatic heterocycles. The highest BCUT2D eigenvalue weighted by Gasteiger charge is 2.29. The summed E-state index contributed by atoms with van der Waals surface area (Å²) in [6, 6.07) is 8.81. The lowest BCUT2D eigenvalue weighted by atomic mass is 10.0. The monoisotopic (exact) mass is 316 g/mol. The highest BCUT2D eigenvalue weighted by molar-refractivity contribution is 7.12. The molecule has 1 aromatic heterocycles. The summed E-state index contributed by atoms with van der Waals surface area (Å²) in [5.41, 5.74) is 1.64. The van der Waals surface area contributed by atoms with E-state index in [0.717, 1.165) is 10.4 Å². The molecule has 1 aliphatic rings. The molecule has 5 nitrogen and oxygen atoms in total. The van der Waals surface area contributed by atoms with Crippen LogP contribution in [-0.4, -0.2) is 23.0 Å². The molecule has 0 unspecified atom stereocenters. The van der Waals surface area contributed by atoms with Crippen LogP contribution in [0.2, 0.25) is 0 Å². The van der Waals surface area contributed by atoms with E-state index in [9.17, 15) is 10.1 Å². The number of nitrogens with zero attached hydrogens (tertiary/aromatic N) is 2. The second kappa shape index (κ2) is 5.53. The lowest BCUT2D eigenvalue weighted by Crippen LogP contribution is -2.17. The first-order chi connectivity index (χ1) is 10.5. The molecule has 0 saturated heterocycles. The SMILES string of the molecule is CC1(C)COC(c2sccc2Cc2ccccc2[N+](=O)[O-])=N1. The summed E-state index contributed by atoms with van der Waals surface area (Å²) in [7, 11) is 0. The van der Waals surface area contributed by atoms with Gasteiger partial charge < -0.3 is 4.74 Å². The maximum Gasteiger partial charge on any atom is 0.272 e. The fourth-order valence-corrected chi connectivity index (χ4v) is 3.27. The van der Waals surface area contributed by atoms with Gasteiger partial charge in [-0.2, -0.15) is 0 Å². The van der Waals surface area contributed by atoms with E-state index < -0.39 is 0 Å². The van der Waals surface area contributed by atoms with Crippen LogP contribution >= 0.6 is 11.3 Å². The average Bonchev–Trinajstić information content (AvgIpc) is 3.05. The topological polar surface area (TPSA) is 64.7 Å². The Bertz CT molecular complexity index is 749. The summed E-state index contributed by atoms with van der Waals surface area (Å²) in [5.74, 6) is 0.647. The smallest absolute Gasteiger partial charge is 0.272 e. The maximum absolute atomic E-state index is 11.1. The predicted octanol–water partition coefficient (Wildman–Crippen LogP) is 3.80. The van der Waals surface area contributed by atoms with Gasteiger partial charge in [-0.15, -0.1) is 11.3 Å². The van der Waals surface area contributed by atoms with Crippen molar-refractivity contribution in [2.75, 3.05) is 6.61 Å². The number of rotatable bonds is 4. The van der Waals surface area contributed by atoms with Crippen LogP contribution in [0.1, 0.15) is 29.9 Å². The van der Waals surface area contributed by atoms with Crippen LogP contribution in [0.4, 0.5) is 5.69 Å². The first-order valence-electron chi connectivity index (χ1n) is 6.98. The van der Waals surface area contributed by atoms with E-state index in [2.05, 4.69) is 4.99 Å². The molecule has 114 valence electrons. The standard InChI is InChI=1S/C16H16N2O3S/c1-16(2)10-21-15(17-16)14-12(7-8-22-14)9-11-5-3-4-6-13(11)18(19)20/h3-8H,9-10H2,1-2H3.